The number of benzene rings is 1. The maximum Gasteiger partial charge on any atom is 0.267 e. The molecule has 3 rings (SSSR count). The molecule has 0 radical (unpaired) electrons. The smallest absolute Gasteiger partial charge is 0.267 e. The zero-order valence-electron chi connectivity index (χ0n) is 13.3. The van der Waals surface area contributed by atoms with Crippen molar-refractivity contribution in [3.05, 3.63) is 47.8 Å². The van der Waals surface area contributed by atoms with Crippen LogP contribution in [0.2, 0.25) is 0 Å². The first kappa shape index (κ1) is 15.6. The van der Waals surface area contributed by atoms with E-state index in [0.29, 0.717) is 5.82 Å². The Kier molecular flexibility index (Phi) is 4.64. The van der Waals surface area contributed by atoms with Gasteiger partial charge in [0.1, 0.15) is 5.69 Å². The minimum absolute atomic E-state index is 0.233. The third kappa shape index (κ3) is 3.91. The molecule has 120 valence electrons. The van der Waals surface area contributed by atoms with Crippen molar-refractivity contribution < 1.29 is 4.79 Å². The second-order valence-electron chi connectivity index (χ2n) is 5.91. The fraction of sp³-hybridized carbons (Fsp3) is 0.353. The summed E-state index contributed by atoms with van der Waals surface area (Å²) in [5.74, 6) is -0.0206. The Labute approximate surface area is 135 Å². The highest BCUT2D eigenvalue weighted by atomic mass is 16.1. The first-order chi connectivity index (χ1) is 11.1. The molecule has 2 aromatic rings. The lowest BCUT2D eigenvalue weighted by Crippen LogP contribution is -2.43. The average molecular weight is 311 g/mol. The first-order valence-electron chi connectivity index (χ1n) is 7.75. The maximum absolute atomic E-state index is 11.2. The quantitative estimate of drug-likeness (QED) is 0.911. The van der Waals surface area contributed by atoms with E-state index in [0.717, 1.165) is 38.3 Å². The number of aromatic nitrogens is 2. The fourth-order valence-electron chi connectivity index (χ4n) is 2.66. The van der Waals surface area contributed by atoms with Gasteiger partial charge in [-0.25, -0.2) is 9.97 Å². The third-order valence-electron chi connectivity index (χ3n) is 4.12. The van der Waals surface area contributed by atoms with Crippen LogP contribution in [0.5, 0.6) is 0 Å². The van der Waals surface area contributed by atoms with E-state index in [1.165, 1.54) is 11.6 Å². The van der Waals surface area contributed by atoms with Crippen LogP contribution < -0.4 is 5.73 Å². The highest BCUT2D eigenvalue weighted by Gasteiger charge is 2.14. The Morgan fingerprint density at radius 1 is 1.13 bits per heavy atom. The number of piperazine rings is 1. The first-order valence-corrected chi connectivity index (χ1v) is 7.75. The molecule has 0 bridgehead atoms. The molecule has 0 aliphatic carbocycles. The molecule has 1 aromatic carbocycles. The number of rotatable bonds is 4. The fourth-order valence-corrected chi connectivity index (χ4v) is 2.66. The zero-order valence-corrected chi connectivity index (χ0v) is 13.3. The van der Waals surface area contributed by atoms with E-state index in [-0.39, 0.29) is 5.69 Å². The molecule has 1 amide bonds. The van der Waals surface area contributed by atoms with Crippen LogP contribution in [0, 0.1) is 0 Å². The van der Waals surface area contributed by atoms with Gasteiger partial charge in [-0.2, -0.15) is 0 Å². The van der Waals surface area contributed by atoms with E-state index in [2.05, 4.69) is 38.9 Å². The van der Waals surface area contributed by atoms with Crippen LogP contribution >= 0.6 is 0 Å². The van der Waals surface area contributed by atoms with Gasteiger partial charge in [0.15, 0.2) is 5.82 Å². The van der Waals surface area contributed by atoms with E-state index < -0.39 is 5.91 Å². The summed E-state index contributed by atoms with van der Waals surface area (Å²) in [4.78, 5) is 24.4. The van der Waals surface area contributed by atoms with E-state index in [9.17, 15) is 4.79 Å². The summed E-state index contributed by atoms with van der Waals surface area (Å²) in [5.41, 5.74) is 7.65. The van der Waals surface area contributed by atoms with Crippen molar-refractivity contribution in [3.63, 3.8) is 0 Å². The Morgan fingerprint density at radius 3 is 2.48 bits per heavy atom. The van der Waals surface area contributed by atoms with Crippen LogP contribution in [-0.4, -0.2) is 58.9 Å². The van der Waals surface area contributed by atoms with Crippen LogP contribution in [-0.2, 0) is 6.54 Å². The molecule has 1 fully saturated rings. The highest BCUT2D eigenvalue weighted by molar-refractivity contribution is 5.91. The number of amides is 1. The molecule has 1 aliphatic rings. The van der Waals surface area contributed by atoms with Crippen molar-refractivity contribution >= 4 is 5.91 Å². The van der Waals surface area contributed by atoms with Crippen LogP contribution in [0.25, 0.3) is 11.4 Å². The zero-order chi connectivity index (χ0) is 16.2. The number of primary amides is 1. The summed E-state index contributed by atoms with van der Waals surface area (Å²) in [6, 6.07) is 9.69. The molecular formula is C17H21N5O. The number of carbonyl (C=O) groups excluding carboxylic acids is 1. The van der Waals surface area contributed by atoms with E-state index in [1.54, 1.807) is 6.20 Å². The highest BCUT2D eigenvalue weighted by Crippen LogP contribution is 2.17. The standard InChI is InChI=1S/C17H21N5O/c1-21-8-10-22(11-9-21)12-13-2-4-14(5-3-13)17-19-7-6-15(20-17)16(18)23/h2-7H,8-12H2,1H3,(H2,18,23). The van der Waals surface area contributed by atoms with Gasteiger partial charge in [-0.1, -0.05) is 24.3 Å². The lowest BCUT2D eigenvalue weighted by Gasteiger charge is -2.32. The van der Waals surface area contributed by atoms with Gasteiger partial charge in [0.2, 0.25) is 0 Å². The van der Waals surface area contributed by atoms with E-state index in [1.807, 2.05) is 12.1 Å². The molecule has 2 heterocycles. The Balaban J connectivity index is 1.69. The normalized spacial score (nSPS) is 16.4. The van der Waals surface area contributed by atoms with E-state index in [4.69, 9.17) is 5.73 Å². The molecule has 1 aromatic heterocycles. The predicted molar refractivity (Wildman–Crippen MR) is 88.8 cm³/mol. The molecule has 1 aliphatic heterocycles. The monoisotopic (exact) mass is 311 g/mol. The minimum atomic E-state index is -0.541. The van der Waals surface area contributed by atoms with Crippen molar-refractivity contribution in [2.75, 3.05) is 33.2 Å². The average Bonchev–Trinajstić information content (AvgIpc) is 2.58. The number of nitrogens with two attached hydrogens (primary N) is 1. The molecule has 0 unspecified atom stereocenters. The Morgan fingerprint density at radius 2 is 1.83 bits per heavy atom. The van der Waals surface area contributed by atoms with Crippen molar-refractivity contribution in [3.8, 4) is 11.4 Å². The number of hydrogen-bond acceptors (Lipinski definition) is 5. The molecule has 6 nitrogen and oxygen atoms in total. The molecule has 1 saturated heterocycles. The van der Waals surface area contributed by atoms with Crippen LogP contribution in [0.15, 0.2) is 36.5 Å². The second-order valence-corrected chi connectivity index (χ2v) is 5.91. The lowest BCUT2D eigenvalue weighted by molar-refractivity contribution is 0.0995. The minimum Gasteiger partial charge on any atom is -0.364 e. The van der Waals surface area contributed by atoms with Gasteiger partial charge < -0.3 is 10.6 Å². The predicted octanol–water partition coefficient (Wildman–Crippen LogP) is 0.990. The summed E-state index contributed by atoms with van der Waals surface area (Å²) in [6.45, 7) is 5.39. The molecule has 2 N–H and O–H groups in total. The van der Waals surface area contributed by atoms with Gasteiger partial charge in [-0.05, 0) is 18.7 Å². The van der Waals surface area contributed by atoms with Gasteiger partial charge in [-0.3, -0.25) is 9.69 Å². The Bertz CT molecular complexity index is 678. The van der Waals surface area contributed by atoms with Gasteiger partial charge in [0.05, 0.1) is 0 Å². The van der Waals surface area contributed by atoms with Crippen LogP contribution in [0.4, 0.5) is 0 Å². The Hall–Kier alpha value is -2.31. The second kappa shape index (κ2) is 6.85. The lowest BCUT2D eigenvalue weighted by atomic mass is 10.1. The van der Waals surface area contributed by atoms with E-state index >= 15 is 0 Å². The summed E-state index contributed by atoms with van der Waals surface area (Å²) < 4.78 is 0. The molecular weight excluding hydrogens is 290 g/mol. The summed E-state index contributed by atoms with van der Waals surface area (Å²) in [5, 5.41) is 0. The molecule has 23 heavy (non-hydrogen) atoms. The maximum atomic E-state index is 11.2. The topological polar surface area (TPSA) is 75.3 Å². The molecule has 0 atom stereocenters. The molecule has 6 heteroatoms. The number of nitrogens with zero attached hydrogens (tertiary/aromatic N) is 4. The van der Waals surface area contributed by atoms with Gasteiger partial charge in [0.25, 0.3) is 5.91 Å². The van der Waals surface area contributed by atoms with Crippen LogP contribution in [0.3, 0.4) is 0 Å². The third-order valence-corrected chi connectivity index (χ3v) is 4.12. The number of hydrogen-bond donors (Lipinski definition) is 1. The largest absolute Gasteiger partial charge is 0.364 e. The number of carbonyl (C=O) groups is 1. The van der Waals surface area contributed by atoms with Gasteiger partial charge in [-0.15, -0.1) is 0 Å². The summed E-state index contributed by atoms with van der Waals surface area (Å²) in [7, 11) is 2.16. The van der Waals surface area contributed by atoms with Crippen molar-refractivity contribution in [2.24, 2.45) is 5.73 Å². The van der Waals surface area contributed by atoms with Gasteiger partial charge in [0, 0.05) is 44.5 Å². The van der Waals surface area contributed by atoms with Crippen molar-refractivity contribution in [2.45, 2.75) is 6.54 Å². The van der Waals surface area contributed by atoms with Gasteiger partial charge >= 0.3 is 0 Å². The molecule has 0 spiro atoms. The number of likely N-dealkylation sites (N-methyl/N-ethyl adjacent to an activating group) is 1. The SMILES string of the molecule is CN1CCN(Cc2ccc(-c3nccc(C(N)=O)n3)cc2)CC1. The van der Waals surface area contributed by atoms with Crippen LogP contribution in [0.1, 0.15) is 16.1 Å². The summed E-state index contributed by atoms with van der Waals surface area (Å²) >= 11 is 0. The summed E-state index contributed by atoms with van der Waals surface area (Å²) in [6.07, 6.45) is 1.56. The molecule has 0 saturated carbocycles. The van der Waals surface area contributed by atoms with Crippen molar-refractivity contribution in [1.82, 2.24) is 19.8 Å². The van der Waals surface area contributed by atoms with Crippen molar-refractivity contribution in [1.29, 1.82) is 0 Å².